The Morgan fingerprint density at radius 2 is 1.73 bits per heavy atom. The van der Waals surface area contributed by atoms with Gasteiger partial charge in [-0.2, -0.15) is 0 Å². The minimum absolute atomic E-state index is 0.107. The molecule has 1 aliphatic carbocycles. The first-order valence-electron chi connectivity index (χ1n) is 10.4. The highest BCUT2D eigenvalue weighted by Crippen LogP contribution is 2.35. The van der Waals surface area contributed by atoms with Gasteiger partial charge in [0.15, 0.2) is 5.82 Å². The summed E-state index contributed by atoms with van der Waals surface area (Å²) in [6.07, 6.45) is 7.73. The van der Waals surface area contributed by atoms with Crippen molar-refractivity contribution < 1.29 is 4.79 Å². The first-order valence-corrected chi connectivity index (χ1v) is 10.7. The Kier molecular flexibility index (Phi) is 6.29. The van der Waals surface area contributed by atoms with Crippen molar-refractivity contribution in [2.45, 2.75) is 44.4 Å². The highest BCUT2D eigenvalue weighted by atomic mass is 35.5. The van der Waals surface area contributed by atoms with E-state index in [9.17, 15) is 4.79 Å². The van der Waals surface area contributed by atoms with Crippen molar-refractivity contribution in [1.29, 1.82) is 0 Å². The summed E-state index contributed by atoms with van der Waals surface area (Å²) in [7, 11) is 0. The molecule has 0 spiro atoms. The number of benzene rings is 2. The second kappa shape index (κ2) is 9.26. The van der Waals surface area contributed by atoms with E-state index in [1.54, 1.807) is 18.3 Å². The maximum absolute atomic E-state index is 12.7. The molecule has 2 aromatic carbocycles. The van der Waals surface area contributed by atoms with Crippen LogP contribution >= 0.6 is 11.6 Å². The van der Waals surface area contributed by atoms with Crippen molar-refractivity contribution in [2.75, 3.05) is 11.1 Å². The van der Waals surface area contributed by atoms with Gasteiger partial charge in [-0.1, -0.05) is 55.1 Å². The molecule has 30 heavy (non-hydrogen) atoms. The fourth-order valence-corrected chi connectivity index (χ4v) is 4.04. The summed E-state index contributed by atoms with van der Waals surface area (Å²) in [6, 6.07) is 14.9. The van der Waals surface area contributed by atoms with Gasteiger partial charge >= 0.3 is 0 Å². The topological polar surface area (TPSA) is 80.9 Å². The molecule has 5 nitrogen and oxygen atoms in total. The number of aromatic nitrogens is 2. The molecule has 0 radical (unpaired) electrons. The molecule has 0 bridgehead atoms. The molecular formula is C24H25ClN4O. The Bertz CT molecular complexity index is 1010. The van der Waals surface area contributed by atoms with E-state index in [4.69, 9.17) is 22.3 Å². The zero-order valence-corrected chi connectivity index (χ0v) is 17.5. The zero-order chi connectivity index (χ0) is 20.9. The van der Waals surface area contributed by atoms with Crippen LogP contribution in [0, 0.1) is 0 Å². The fraction of sp³-hybridized carbons (Fsp3) is 0.292. The van der Waals surface area contributed by atoms with Crippen molar-refractivity contribution in [2.24, 2.45) is 0 Å². The summed E-state index contributed by atoms with van der Waals surface area (Å²) >= 11 is 5.93. The molecule has 1 aromatic heterocycles. The summed E-state index contributed by atoms with van der Waals surface area (Å²) in [5.74, 6) is 0.773. The Hall–Kier alpha value is -2.92. The van der Waals surface area contributed by atoms with Gasteiger partial charge < -0.3 is 11.1 Å². The van der Waals surface area contributed by atoms with E-state index in [0.29, 0.717) is 22.4 Å². The Labute approximate surface area is 181 Å². The molecule has 1 fully saturated rings. The lowest BCUT2D eigenvalue weighted by Crippen LogP contribution is -2.19. The molecule has 3 aromatic rings. The van der Waals surface area contributed by atoms with Crippen LogP contribution in [0.1, 0.15) is 49.3 Å². The number of amides is 1. The molecule has 154 valence electrons. The van der Waals surface area contributed by atoms with Crippen LogP contribution in [0.25, 0.3) is 11.3 Å². The Balaban J connectivity index is 1.59. The summed E-state index contributed by atoms with van der Waals surface area (Å²) in [5, 5.41) is 3.65. The van der Waals surface area contributed by atoms with E-state index in [1.807, 2.05) is 36.4 Å². The van der Waals surface area contributed by atoms with Gasteiger partial charge in [-0.3, -0.25) is 4.79 Å². The molecule has 1 saturated carbocycles. The van der Waals surface area contributed by atoms with Gasteiger partial charge in [0.1, 0.15) is 0 Å². The number of nitrogens with zero attached hydrogens (tertiary/aromatic N) is 2. The number of carbonyl (C=O) groups is 1. The van der Waals surface area contributed by atoms with E-state index >= 15 is 0 Å². The second-order valence-electron chi connectivity index (χ2n) is 7.80. The third-order valence-corrected chi connectivity index (χ3v) is 5.79. The number of anilines is 2. The number of nitrogen functional groups attached to an aromatic ring is 1. The third-order valence-electron chi connectivity index (χ3n) is 5.53. The minimum Gasteiger partial charge on any atom is -0.399 e. The monoisotopic (exact) mass is 420 g/mol. The number of carbonyl (C=O) groups excluding carboxylic acids is 1. The van der Waals surface area contributed by atoms with Crippen molar-refractivity contribution in [3.8, 4) is 11.3 Å². The molecule has 1 aliphatic rings. The maximum Gasteiger partial charge on any atom is 0.229 e. The van der Waals surface area contributed by atoms with Crippen LogP contribution in [0.15, 0.2) is 54.7 Å². The SMILES string of the molecule is Nc1ccc(-c2cnc(NC(=O)Cc3ccc(Cl)cc3)c(C3CCCCC3)n2)cc1. The molecule has 4 rings (SSSR count). The van der Waals surface area contributed by atoms with Gasteiger partial charge in [0.05, 0.1) is 24.0 Å². The smallest absolute Gasteiger partial charge is 0.229 e. The normalized spacial score (nSPS) is 14.4. The van der Waals surface area contributed by atoms with Gasteiger partial charge in [-0.25, -0.2) is 9.97 Å². The van der Waals surface area contributed by atoms with Crippen LogP contribution in [0.4, 0.5) is 11.5 Å². The highest BCUT2D eigenvalue weighted by molar-refractivity contribution is 6.30. The average Bonchev–Trinajstić information content (AvgIpc) is 2.77. The van der Waals surface area contributed by atoms with Crippen LogP contribution in [-0.4, -0.2) is 15.9 Å². The molecule has 0 unspecified atom stereocenters. The zero-order valence-electron chi connectivity index (χ0n) is 16.8. The quantitative estimate of drug-likeness (QED) is 0.526. The molecule has 6 heteroatoms. The van der Waals surface area contributed by atoms with Crippen molar-refractivity contribution in [1.82, 2.24) is 9.97 Å². The number of hydrogen-bond donors (Lipinski definition) is 2. The minimum atomic E-state index is -0.107. The van der Waals surface area contributed by atoms with E-state index in [2.05, 4.69) is 10.3 Å². The van der Waals surface area contributed by atoms with Crippen LogP contribution in [0.2, 0.25) is 5.02 Å². The summed E-state index contributed by atoms with van der Waals surface area (Å²) in [4.78, 5) is 22.2. The number of rotatable bonds is 5. The molecule has 1 heterocycles. The van der Waals surface area contributed by atoms with Crippen LogP contribution in [-0.2, 0) is 11.2 Å². The molecular weight excluding hydrogens is 396 g/mol. The summed E-state index contributed by atoms with van der Waals surface area (Å²) in [6.45, 7) is 0. The van der Waals surface area contributed by atoms with Crippen LogP contribution in [0.3, 0.4) is 0 Å². The van der Waals surface area contributed by atoms with Gasteiger partial charge in [0, 0.05) is 22.2 Å². The third kappa shape index (κ3) is 4.97. The Morgan fingerprint density at radius 3 is 2.43 bits per heavy atom. The van der Waals surface area contributed by atoms with Crippen molar-refractivity contribution >= 4 is 29.0 Å². The van der Waals surface area contributed by atoms with Gasteiger partial charge in [-0.15, -0.1) is 0 Å². The second-order valence-corrected chi connectivity index (χ2v) is 8.23. The van der Waals surface area contributed by atoms with Gasteiger partial charge in [0.25, 0.3) is 0 Å². The molecule has 3 N–H and O–H groups in total. The summed E-state index contributed by atoms with van der Waals surface area (Å²) in [5.41, 5.74) is 10.1. The van der Waals surface area contributed by atoms with Crippen molar-refractivity contribution in [3.63, 3.8) is 0 Å². The fourth-order valence-electron chi connectivity index (χ4n) is 3.92. The first-order chi connectivity index (χ1) is 14.6. The number of hydrogen-bond acceptors (Lipinski definition) is 4. The lowest BCUT2D eigenvalue weighted by molar-refractivity contribution is -0.115. The summed E-state index contributed by atoms with van der Waals surface area (Å²) < 4.78 is 0. The van der Waals surface area contributed by atoms with Crippen LogP contribution in [0.5, 0.6) is 0 Å². The number of halogens is 1. The van der Waals surface area contributed by atoms with Gasteiger partial charge in [0.2, 0.25) is 5.91 Å². The molecule has 0 saturated heterocycles. The van der Waals surface area contributed by atoms with E-state index in [0.717, 1.165) is 35.4 Å². The van der Waals surface area contributed by atoms with E-state index < -0.39 is 0 Å². The molecule has 0 atom stereocenters. The van der Waals surface area contributed by atoms with E-state index in [1.165, 1.54) is 19.3 Å². The van der Waals surface area contributed by atoms with Crippen LogP contribution < -0.4 is 11.1 Å². The van der Waals surface area contributed by atoms with E-state index in [-0.39, 0.29) is 12.3 Å². The molecule has 1 amide bonds. The number of nitrogens with one attached hydrogen (secondary N) is 1. The average molecular weight is 421 g/mol. The largest absolute Gasteiger partial charge is 0.399 e. The number of nitrogens with two attached hydrogens (primary N) is 1. The van der Waals surface area contributed by atoms with Gasteiger partial charge in [-0.05, 0) is 42.7 Å². The maximum atomic E-state index is 12.7. The lowest BCUT2D eigenvalue weighted by atomic mass is 9.86. The molecule has 0 aliphatic heterocycles. The first kappa shape index (κ1) is 20.4. The van der Waals surface area contributed by atoms with Crippen molar-refractivity contribution in [3.05, 3.63) is 71.0 Å². The predicted octanol–water partition coefficient (Wildman–Crippen LogP) is 5.61. The lowest BCUT2D eigenvalue weighted by Gasteiger charge is -2.23. The highest BCUT2D eigenvalue weighted by Gasteiger charge is 2.23. The predicted molar refractivity (Wildman–Crippen MR) is 121 cm³/mol. The standard InChI is InChI=1S/C24H25ClN4O/c25-19-10-6-16(7-11-19)14-22(30)29-24-23(18-4-2-1-3-5-18)28-21(15-27-24)17-8-12-20(26)13-9-17/h6-13,15,18H,1-5,14,26H2,(H,27,29,30). The Morgan fingerprint density at radius 1 is 1.03 bits per heavy atom.